The zero-order valence-corrected chi connectivity index (χ0v) is 17.8. The van der Waals surface area contributed by atoms with Crippen molar-refractivity contribution in [3.63, 3.8) is 0 Å². The lowest BCUT2D eigenvalue weighted by molar-refractivity contribution is -0.133. The molecule has 1 fully saturated rings. The van der Waals surface area contributed by atoms with Crippen LogP contribution in [0.2, 0.25) is 15.1 Å². The van der Waals surface area contributed by atoms with E-state index in [0.29, 0.717) is 47.7 Å². The fourth-order valence-corrected chi connectivity index (χ4v) is 3.97. The van der Waals surface area contributed by atoms with Gasteiger partial charge in [-0.3, -0.25) is 14.4 Å². The Labute approximate surface area is 174 Å². The van der Waals surface area contributed by atoms with Gasteiger partial charge in [-0.05, 0) is 26.0 Å². The number of hydrogen-bond donors (Lipinski definition) is 0. The summed E-state index contributed by atoms with van der Waals surface area (Å²) < 4.78 is 1.81. The number of hydrogen-bond acceptors (Lipinski definition) is 3. The molecule has 1 amide bonds. The van der Waals surface area contributed by atoms with Crippen LogP contribution in [0.25, 0.3) is 0 Å². The number of carbonyl (C=O) groups excluding carboxylic acids is 1. The maximum Gasteiger partial charge on any atom is 0.224 e. The van der Waals surface area contributed by atoms with Crippen LogP contribution in [0.5, 0.6) is 0 Å². The summed E-state index contributed by atoms with van der Waals surface area (Å²) in [6.45, 7) is 8.07. The van der Waals surface area contributed by atoms with E-state index in [9.17, 15) is 4.79 Å². The minimum Gasteiger partial charge on any atom is -0.340 e. The first-order chi connectivity index (χ1) is 12.9. The van der Waals surface area contributed by atoms with E-state index in [2.05, 4.69) is 10.00 Å². The van der Waals surface area contributed by atoms with Crippen molar-refractivity contribution in [3.05, 3.63) is 50.2 Å². The molecular weight excluding hydrogens is 407 g/mol. The van der Waals surface area contributed by atoms with Crippen molar-refractivity contribution < 1.29 is 4.79 Å². The largest absolute Gasteiger partial charge is 0.340 e. The van der Waals surface area contributed by atoms with Gasteiger partial charge in [-0.15, -0.1) is 0 Å². The van der Waals surface area contributed by atoms with Gasteiger partial charge >= 0.3 is 0 Å². The molecule has 0 saturated carbocycles. The first-order valence-corrected chi connectivity index (χ1v) is 10.1. The summed E-state index contributed by atoms with van der Waals surface area (Å²) in [4.78, 5) is 16.7. The Morgan fingerprint density at radius 3 is 2.26 bits per heavy atom. The van der Waals surface area contributed by atoms with Crippen molar-refractivity contribution in [1.82, 2.24) is 19.6 Å². The quantitative estimate of drug-likeness (QED) is 0.715. The molecule has 3 rings (SSSR count). The number of carbonyl (C=O) groups is 1. The second kappa shape index (κ2) is 8.82. The van der Waals surface area contributed by atoms with Gasteiger partial charge in [-0.2, -0.15) is 5.10 Å². The van der Waals surface area contributed by atoms with Gasteiger partial charge in [0.2, 0.25) is 5.91 Å². The maximum absolute atomic E-state index is 12.5. The molecular formula is C19H23Cl3N4O. The van der Waals surface area contributed by atoms with Crippen LogP contribution in [0.15, 0.2) is 18.2 Å². The number of benzene rings is 1. The molecule has 146 valence electrons. The van der Waals surface area contributed by atoms with E-state index in [1.165, 1.54) is 0 Å². The molecule has 0 unspecified atom stereocenters. The summed E-state index contributed by atoms with van der Waals surface area (Å²) in [7, 11) is 0. The third kappa shape index (κ3) is 4.77. The van der Waals surface area contributed by atoms with Crippen LogP contribution < -0.4 is 0 Å². The van der Waals surface area contributed by atoms with Gasteiger partial charge in [0.25, 0.3) is 0 Å². The molecule has 1 saturated heterocycles. The first-order valence-electron chi connectivity index (χ1n) is 8.99. The van der Waals surface area contributed by atoms with Gasteiger partial charge in [0, 0.05) is 54.8 Å². The van der Waals surface area contributed by atoms with Gasteiger partial charge in [0.1, 0.15) is 0 Å². The van der Waals surface area contributed by atoms with Crippen molar-refractivity contribution in [3.8, 4) is 0 Å². The Hall–Kier alpha value is -1.27. The van der Waals surface area contributed by atoms with Crippen molar-refractivity contribution in [1.29, 1.82) is 0 Å². The molecule has 0 aliphatic carbocycles. The predicted molar refractivity (Wildman–Crippen MR) is 110 cm³/mol. The van der Waals surface area contributed by atoms with E-state index in [0.717, 1.165) is 30.0 Å². The summed E-state index contributed by atoms with van der Waals surface area (Å²) >= 11 is 18.7. The highest BCUT2D eigenvalue weighted by Gasteiger charge is 2.22. The second-order valence-electron chi connectivity index (χ2n) is 6.82. The van der Waals surface area contributed by atoms with Gasteiger partial charge < -0.3 is 4.90 Å². The highest BCUT2D eigenvalue weighted by atomic mass is 35.5. The minimum atomic E-state index is 0.147. The average molecular weight is 430 g/mol. The minimum absolute atomic E-state index is 0.147. The Morgan fingerprint density at radius 2 is 1.70 bits per heavy atom. The van der Waals surface area contributed by atoms with Crippen LogP contribution in [0.1, 0.15) is 23.4 Å². The Morgan fingerprint density at radius 1 is 1.07 bits per heavy atom. The molecule has 2 aromatic rings. The molecule has 0 spiro atoms. The monoisotopic (exact) mass is 428 g/mol. The van der Waals surface area contributed by atoms with E-state index in [-0.39, 0.29) is 5.91 Å². The zero-order chi connectivity index (χ0) is 19.6. The van der Waals surface area contributed by atoms with Crippen LogP contribution in [0.3, 0.4) is 0 Å². The van der Waals surface area contributed by atoms with E-state index in [1.54, 1.807) is 0 Å². The smallest absolute Gasteiger partial charge is 0.224 e. The molecule has 0 radical (unpaired) electrons. The SMILES string of the molecule is Cc1nn(CCC(=O)N2CCN(Cc3c(Cl)cccc3Cl)CC2)c(C)c1Cl. The summed E-state index contributed by atoms with van der Waals surface area (Å²) in [6.07, 6.45) is 0.425. The lowest BCUT2D eigenvalue weighted by Gasteiger charge is -2.35. The van der Waals surface area contributed by atoms with Crippen molar-refractivity contribution in [2.45, 2.75) is 33.4 Å². The van der Waals surface area contributed by atoms with E-state index >= 15 is 0 Å². The van der Waals surface area contributed by atoms with E-state index in [4.69, 9.17) is 34.8 Å². The molecule has 1 aromatic heterocycles. The maximum atomic E-state index is 12.5. The molecule has 0 bridgehead atoms. The Balaban J connectivity index is 1.50. The molecule has 8 heteroatoms. The second-order valence-corrected chi connectivity index (χ2v) is 8.01. The number of aryl methyl sites for hydroxylation is 2. The molecule has 5 nitrogen and oxygen atoms in total. The van der Waals surface area contributed by atoms with Gasteiger partial charge in [-0.25, -0.2) is 0 Å². The van der Waals surface area contributed by atoms with Crippen LogP contribution in [-0.2, 0) is 17.9 Å². The molecule has 1 aromatic carbocycles. The third-order valence-electron chi connectivity index (χ3n) is 5.00. The summed E-state index contributed by atoms with van der Waals surface area (Å²) in [5, 5.41) is 6.43. The Kier molecular flexibility index (Phi) is 6.69. The zero-order valence-electron chi connectivity index (χ0n) is 15.5. The molecule has 0 N–H and O–H groups in total. The normalized spacial score (nSPS) is 15.4. The summed E-state index contributed by atoms with van der Waals surface area (Å²) in [5.41, 5.74) is 2.65. The topological polar surface area (TPSA) is 41.4 Å². The van der Waals surface area contributed by atoms with Crippen molar-refractivity contribution >= 4 is 40.7 Å². The highest BCUT2D eigenvalue weighted by Crippen LogP contribution is 2.26. The average Bonchev–Trinajstić information content (AvgIpc) is 2.90. The number of aromatic nitrogens is 2. The van der Waals surface area contributed by atoms with Gasteiger partial charge in [0.05, 0.1) is 23.0 Å². The molecule has 1 aliphatic rings. The molecule has 2 heterocycles. The van der Waals surface area contributed by atoms with Gasteiger partial charge in [-0.1, -0.05) is 40.9 Å². The third-order valence-corrected chi connectivity index (χ3v) is 6.25. The van der Waals surface area contributed by atoms with E-state index in [1.807, 2.05) is 41.6 Å². The fraction of sp³-hybridized carbons (Fsp3) is 0.474. The van der Waals surface area contributed by atoms with Crippen LogP contribution in [0, 0.1) is 13.8 Å². The number of nitrogens with zero attached hydrogens (tertiary/aromatic N) is 4. The van der Waals surface area contributed by atoms with Crippen LogP contribution in [0.4, 0.5) is 0 Å². The highest BCUT2D eigenvalue weighted by molar-refractivity contribution is 6.36. The summed E-state index contributed by atoms with van der Waals surface area (Å²) in [5.74, 6) is 0.147. The number of piperazine rings is 1. The number of rotatable bonds is 5. The van der Waals surface area contributed by atoms with Crippen molar-refractivity contribution in [2.24, 2.45) is 0 Å². The van der Waals surface area contributed by atoms with Gasteiger partial charge in [0.15, 0.2) is 0 Å². The molecule has 0 atom stereocenters. The van der Waals surface area contributed by atoms with E-state index < -0.39 is 0 Å². The molecule has 1 aliphatic heterocycles. The fourth-order valence-electron chi connectivity index (χ4n) is 3.31. The van der Waals surface area contributed by atoms with Crippen LogP contribution >= 0.6 is 34.8 Å². The Bertz CT molecular complexity index is 808. The number of amides is 1. The first kappa shape index (κ1) is 20.5. The lowest BCUT2D eigenvalue weighted by atomic mass is 10.2. The molecule has 27 heavy (non-hydrogen) atoms. The summed E-state index contributed by atoms with van der Waals surface area (Å²) in [6, 6.07) is 5.56. The standard InChI is InChI=1S/C19H23Cl3N4O/c1-13-19(22)14(2)26(23-13)7-6-18(27)25-10-8-24(9-11-25)12-15-16(20)4-3-5-17(15)21/h3-5H,6-12H2,1-2H3. The van der Waals surface area contributed by atoms with Crippen molar-refractivity contribution in [2.75, 3.05) is 26.2 Å². The number of halogens is 3. The lowest BCUT2D eigenvalue weighted by Crippen LogP contribution is -2.48. The van der Waals surface area contributed by atoms with Crippen LogP contribution in [-0.4, -0.2) is 51.7 Å². The predicted octanol–water partition coefficient (Wildman–Crippen LogP) is 4.19.